The molecular weight excluding hydrogens is 307 g/mol. The molecule has 1 aromatic carbocycles. The lowest BCUT2D eigenvalue weighted by Crippen LogP contribution is -2.19. The molecule has 0 aromatic heterocycles. The number of nitrogens with zero attached hydrogens (tertiary/aromatic N) is 1. The van der Waals surface area contributed by atoms with Crippen LogP contribution in [-0.2, 0) is 11.0 Å². The third-order valence-corrected chi connectivity index (χ3v) is 3.02. The van der Waals surface area contributed by atoms with Gasteiger partial charge < -0.3 is 10.6 Å². The van der Waals surface area contributed by atoms with Crippen LogP contribution < -0.4 is 10.6 Å². The van der Waals surface area contributed by atoms with Crippen molar-refractivity contribution < 1.29 is 18.0 Å². The van der Waals surface area contributed by atoms with Gasteiger partial charge in [0.15, 0.2) is 0 Å². The van der Waals surface area contributed by atoms with Gasteiger partial charge in [-0.05, 0) is 18.6 Å². The van der Waals surface area contributed by atoms with Crippen LogP contribution >= 0.6 is 0 Å². The van der Waals surface area contributed by atoms with E-state index in [2.05, 4.69) is 10.6 Å². The molecule has 0 radical (unpaired) electrons. The maximum absolute atomic E-state index is 12.9. The molecule has 7 heteroatoms. The largest absolute Gasteiger partial charge is 0.418 e. The Labute approximate surface area is 133 Å². The molecule has 0 aliphatic heterocycles. The molecule has 1 rings (SSSR count). The number of nitriles is 1. The Balaban J connectivity index is 2.78. The van der Waals surface area contributed by atoms with E-state index >= 15 is 0 Å². The topological polar surface area (TPSA) is 64.9 Å². The molecule has 0 spiro atoms. The lowest BCUT2D eigenvalue weighted by atomic mass is 10.1. The van der Waals surface area contributed by atoms with Crippen molar-refractivity contribution in [2.75, 3.05) is 11.9 Å². The van der Waals surface area contributed by atoms with Gasteiger partial charge in [0.25, 0.3) is 5.91 Å². The van der Waals surface area contributed by atoms with E-state index in [0.717, 1.165) is 31.4 Å². The van der Waals surface area contributed by atoms with Gasteiger partial charge in [-0.2, -0.15) is 18.4 Å². The molecule has 2 N–H and O–H groups in total. The number of hydrogen-bond acceptors (Lipinski definition) is 3. The molecule has 0 fully saturated rings. The zero-order valence-electron chi connectivity index (χ0n) is 12.7. The fraction of sp³-hybridized carbons (Fsp3) is 0.375. The molecule has 1 aromatic rings. The monoisotopic (exact) mass is 325 g/mol. The second kappa shape index (κ2) is 8.83. The van der Waals surface area contributed by atoms with Crippen molar-refractivity contribution in [3.05, 3.63) is 41.6 Å². The molecule has 0 bridgehead atoms. The Morgan fingerprint density at radius 3 is 2.61 bits per heavy atom. The third-order valence-electron chi connectivity index (χ3n) is 3.02. The second-order valence-corrected chi connectivity index (χ2v) is 4.83. The van der Waals surface area contributed by atoms with Gasteiger partial charge in [0.1, 0.15) is 11.6 Å². The van der Waals surface area contributed by atoms with Gasteiger partial charge in [0.2, 0.25) is 0 Å². The normalized spacial score (nSPS) is 11.7. The quantitative estimate of drug-likeness (QED) is 0.455. The first-order chi connectivity index (χ1) is 10.9. The number of rotatable bonds is 7. The average Bonchev–Trinajstić information content (AvgIpc) is 2.50. The summed E-state index contributed by atoms with van der Waals surface area (Å²) in [5.41, 5.74) is -1.61. The lowest BCUT2D eigenvalue weighted by Gasteiger charge is -2.13. The van der Waals surface area contributed by atoms with Gasteiger partial charge >= 0.3 is 6.18 Å². The maximum Gasteiger partial charge on any atom is 0.418 e. The van der Waals surface area contributed by atoms with Crippen LogP contribution in [0.2, 0.25) is 0 Å². The number of carbonyl (C=O) groups is 1. The summed E-state index contributed by atoms with van der Waals surface area (Å²) in [6.45, 7) is 2.63. The highest BCUT2D eigenvalue weighted by molar-refractivity contribution is 6.06. The van der Waals surface area contributed by atoms with Gasteiger partial charge in [-0.15, -0.1) is 0 Å². The van der Waals surface area contributed by atoms with Gasteiger partial charge in [-0.1, -0.05) is 31.9 Å². The Kier molecular flexibility index (Phi) is 7.13. The summed E-state index contributed by atoms with van der Waals surface area (Å²) in [7, 11) is 0. The molecular formula is C16H18F3N3O. The molecule has 0 heterocycles. The highest BCUT2D eigenvalue weighted by Gasteiger charge is 2.33. The fourth-order valence-corrected chi connectivity index (χ4v) is 1.83. The fourth-order valence-electron chi connectivity index (χ4n) is 1.83. The Morgan fingerprint density at radius 1 is 1.30 bits per heavy atom. The number of para-hydroxylation sites is 1. The van der Waals surface area contributed by atoms with Crippen LogP contribution in [0.15, 0.2) is 36.0 Å². The summed E-state index contributed by atoms with van der Waals surface area (Å²) in [6.07, 6.45) is -0.441. The Hall–Kier alpha value is -2.49. The summed E-state index contributed by atoms with van der Waals surface area (Å²) in [6, 6.07) is 6.30. The van der Waals surface area contributed by atoms with Crippen molar-refractivity contribution in [1.29, 1.82) is 5.26 Å². The van der Waals surface area contributed by atoms with Crippen molar-refractivity contribution >= 4 is 11.6 Å². The minimum Gasteiger partial charge on any atom is -0.390 e. The number of hydrogen-bond donors (Lipinski definition) is 2. The van der Waals surface area contributed by atoms with Gasteiger partial charge in [-0.3, -0.25) is 4.79 Å². The number of anilines is 1. The van der Waals surface area contributed by atoms with Crippen molar-refractivity contribution in [1.82, 2.24) is 5.32 Å². The standard InChI is InChI=1S/C16H18F3N3O/c1-2-3-6-9-21-11-12(10-20)15(23)22-14-8-5-4-7-13(14)16(17,18)19/h4-5,7-8,11,21H,2-3,6,9H2,1H3,(H,22,23)/b12-11-. The molecule has 1 amide bonds. The Bertz CT molecular complexity index is 603. The SMILES string of the molecule is CCCCCN/C=C(/C#N)C(=O)Nc1ccccc1C(F)(F)F. The molecule has 0 saturated carbocycles. The summed E-state index contributed by atoms with van der Waals surface area (Å²) in [5.74, 6) is -0.882. The molecule has 0 saturated heterocycles. The van der Waals surface area contributed by atoms with E-state index in [9.17, 15) is 18.0 Å². The molecule has 0 aliphatic carbocycles. The molecule has 124 valence electrons. The van der Waals surface area contributed by atoms with Gasteiger partial charge in [0, 0.05) is 12.7 Å². The number of unbranched alkanes of at least 4 members (excludes halogenated alkanes) is 2. The van der Waals surface area contributed by atoms with Crippen molar-refractivity contribution in [3.63, 3.8) is 0 Å². The zero-order chi connectivity index (χ0) is 17.3. The van der Waals surface area contributed by atoms with Crippen LogP contribution in [0.4, 0.5) is 18.9 Å². The van der Waals surface area contributed by atoms with Crippen molar-refractivity contribution in [3.8, 4) is 6.07 Å². The molecule has 0 unspecified atom stereocenters. The summed E-state index contributed by atoms with van der Waals surface area (Å²) < 4.78 is 38.6. The molecule has 0 aliphatic rings. The minimum atomic E-state index is -4.58. The van der Waals surface area contributed by atoms with Gasteiger partial charge in [-0.25, -0.2) is 0 Å². The average molecular weight is 325 g/mol. The van der Waals surface area contributed by atoms with E-state index in [0.29, 0.717) is 6.54 Å². The van der Waals surface area contributed by atoms with Crippen molar-refractivity contribution in [2.45, 2.75) is 32.4 Å². The lowest BCUT2D eigenvalue weighted by molar-refractivity contribution is -0.137. The first-order valence-electron chi connectivity index (χ1n) is 7.21. The number of carbonyl (C=O) groups excluding carboxylic acids is 1. The smallest absolute Gasteiger partial charge is 0.390 e. The van der Waals surface area contributed by atoms with Crippen LogP contribution in [-0.4, -0.2) is 12.5 Å². The van der Waals surface area contributed by atoms with E-state index in [4.69, 9.17) is 5.26 Å². The molecule has 0 atom stereocenters. The van der Waals surface area contributed by atoms with Crippen LogP contribution in [0, 0.1) is 11.3 Å². The third kappa shape index (κ3) is 6.02. The number of halogens is 3. The van der Waals surface area contributed by atoms with Crippen molar-refractivity contribution in [2.24, 2.45) is 0 Å². The van der Waals surface area contributed by atoms with E-state index in [-0.39, 0.29) is 11.3 Å². The number of nitrogens with one attached hydrogen (secondary N) is 2. The summed E-state index contributed by atoms with van der Waals surface area (Å²) in [4.78, 5) is 11.9. The van der Waals surface area contributed by atoms with E-state index in [1.807, 2.05) is 6.92 Å². The maximum atomic E-state index is 12.9. The number of amides is 1. The summed E-state index contributed by atoms with van der Waals surface area (Å²) >= 11 is 0. The van der Waals surface area contributed by atoms with Gasteiger partial charge in [0.05, 0.1) is 11.3 Å². The first-order valence-corrected chi connectivity index (χ1v) is 7.21. The summed E-state index contributed by atoms with van der Waals surface area (Å²) in [5, 5.41) is 13.9. The number of benzene rings is 1. The first kappa shape index (κ1) is 18.6. The predicted octanol–water partition coefficient (Wildman–Crippen LogP) is 3.83. The zero-order valence-corrected chi connectivity index (χ0v) is 12.7. The molecule has 23 heavy (non-hydrogen) atoms. The highest BCUT2D eigenvalue weighted by atomic mass is 19.4. The van der Waals surface area contributed by atoms with E-state index in [1.165, 1.54) is 18.3 Å². The Morgan fingerprint density at radius 2 is 2.00 bits per heavy atom. The van der Waals surface area contributed by atoms with Crippen LogP contribution in [0.25, 0.3) is 0 Å². The number of alkyl halides is 3. The van der Waals surface area contributed by atoms with Crippen LogP contribution in [0.3, 0.4) is 0 Å². The van der Waals surface area contributed by atoms with E-state index < -0.39 is 17.6 Å². The van der Waals surface area contributed by atoms with Crippen LogP contribution in [0.5, 0.6) is 0 Å². The van der Waals surface area contributed by atoms with E-state index in [1.54, 1.807) is 6.07 Å². The predicted molar refractivity (Wildman–Crippen MR) is 81.3 cm³/mol. The minimum absolute atomic E-state index is 0.279. The molecule has 4 nitrogen and oxygen atoms in total. The highest BCUT2D eigenvalue weighted by Crippen LogP contribution is 2.34. The van der Waals surface area contributed by atoms with Crippen LogP contribution in [0.1, 0.15) is 31.7 Å². The second-order valence-electron chi connectivity index (χ2n) is 4.83.